The number of methoxy groups -OCH3 is 1. The van der Waals surface area contributed by atoms with E-state index in [-0.39, 0.29) is 16.7 Å². The van der Waals surface area contributed by atoms with Gasteiger partial charge in [0, 0.05) is 92.2 Å². The second kappa shape index (κ2) is 9.52. The van der Waals surface area contributed by atoms with E-state index in [0.717, 1.165) is 54.1 Å². The Morgan fingerprint density at radius 3 is 2.69 bits per heavy atom. The molecule has 10 nitrogen and oxygen atoms in total. The van der Waals surface area contributed by atoms with Crippen LogP contribution in [0.2, 0.25) is 0 Å². The lowest BCUT2D eigenvalue weighted by molar-refractivity contribution is 0.0695. The van der Waals surface area contributed by atoms with Crippen molar-refractivity contribution in [2.24, 2.45) is 13.0 Å². The van der Waals surface area contributed by atoms with Crippen molar-refractivity contribution >= 4 is 28.4 Å². The Kier molecular flexibility index (Phi) is 5.98. The van der Waals surface area contributed by atoms with Crippen molar-refractivity contribution in [2.45, 2.75) is 18.9 Å². The third-order valence-corrected chi connectivity index (χ3v) is 9.24. The average Bonchev–Trinajstić information content (AvgIpc) is 3.68. The number of fused-ring (bicyclic) bond motifs is 5. The van der Waals surface area contributed by atoms with Gasteiger partial charge in [-0.15, -0.1) is 0 Å². The molecule has 2 atom stereocenters. The van der Waals surface area contributed by atoms with Crippen molar-refractivity contribution in [3.05, 3.63) is 63.6 Å². The molecule has 4 aromatic rings. The molecular formula is C31H31FN6O4. The van der Waals surface area contributed by atoms with Gasteiger partial charge in [0.05, 0.1) is 23.9 Å². The topological polar surface area (TPSA) is 113 Å². The van der Waals surface area contributed by atoms with E-state index in [2.05, 4.69) is 27.1 Å². The molecule has 2 N–H and O–H groups in total. The number of halogens is 1. The molecule has 0 spiro atoms. The number of carbonyl (C=O) groups is 1. The van der Waals surface area contributed by atoms with Crippen LogP contribution in [-0.2, 0) is 13.5 Å². The van der Waals surface area contributed by atoms with E-state index in [1.165, 1.54) is 19.4 Å². The summed E-state index contributed by atoms with van der Waals surface area (Å²) in [6, 6.07) is 3.55. The van der Waals surface area contributed by atoms with Crippen molar-refractivity contribution in [2.75, 3.05) is 51.1 Å². The predicted octanol–water partition coefficient (Wildman–Crippen LogP) is 3.59. The first-order valence-electron chi connectivity index (χ1n) is 14.0. The summed E-state index contributed by atoms with van der Waals surface area (Å²) in [5.41, 5.74) is 5.70. The summed E-state index contributed by atoms with van der Waals surface area (Å²) in [7, 11) is 7.07. The van der Waals surface area contributed by atoms with E-state index < -0.39 is 17.2 Å². The monoisotopic (exact) mass is 570 g/mol. The first-order chi connectivity index (χ1) is 20.2. The first-order valence-corrected chi connectivity index (χ1v) is 14.0. The number of ether oxygens (including phenoxy) is 1. The molecule has 2 saturated heterocycles. The molecule has 2 aliphatic heterocycles. The van der Waals surface area contributed by atoms with Gasteiger partial charge in [0.15, 0.2) is 11.6 Å². The number of rotatable bonds is 5. The minimum atomic E-state index is -1.29. The summed E-state index contributed by atoms with van der Waals surface area (Å²) >= 11 is 0. The zero-order valence-corrected chi connectivity index (χ0v) is 23.9. The standard InChI is InChI=1S/C31H31FN6O4/c1-33-22-9-21(32)29(42-4)25-17(22)8-23-26(25)27(38-12-15-5-6-36(2)24(15)14-38)19(11-34-23)16-7-18-28(39)20(31(40)41)13-37(3)30(18)35-10-16/h7,9-11,13,15,24,33H,5-6,8,12,14H2,1-4H3,(H,40,41)/t15-,24?/m1/s1. The number of carboxylic acids is 1. The molecule has 3 aromatic heterocycles. The van der Waals surface area contributed by atoms with E-state index in [9.17, 15) is 14.7 Å². The van der Waals surface area contributed by atoms with Crippen molar-refractivity contribution in [3.8, 4) is 28.0 Å². The van der Waals surface area contributed by atoms with Crippen LogP contribution in [0.1, 0.15) is 28.0 Å². The van der Waals surface area contributed by atoms with E-state index in [1.54, 1.807) is 37.1 Å². The first kappa shape index (κ1) is 26.4. The Bertz CT molecular complexity index is 1870. The van der Waals surface area contributed by atoms with Crippen LogP contribution in [0.3, 0.4) is 0 Å². The number of hydrogen-bond donors (Lipinski definition) is 2. The summed E-state index contributed by atoms with van der Waals surface area (Å²) in [5.74, 6) is -1.08. The third kappa shape index (κ3) is 3.72. The van der Waals surface area contributed by atoms with Crippen LogP contribution in [0.4, 0.5) is 15.8 Å². The smallest absolute Gasteiger partial charge is 0.341 e. The van der Waals surface area contributed by atoms with Gasteiger partial charge in [-0.05, 0) is 37.6 Å². The molecule has 7 rings (SSSR count). The maximum Gasteiger partial charge on any atom is 0.341 e. The highest BCUT2D eigenvalue weighted by molar-refractivity contribution is 6.00. The van der Waals surface area contributed by atoms with E-state index in [4.69, 9.17) is 9.72 Å². The normalized spacial score (nSPS) is 19.2. The summed E-state index contributed by atoms with van der Waals surface area (Å²) in [6.07, 6.45) is 6.40. The molecule has 42 heavy (non-hydrogen) atoms. The third-order valence-electron chi connectivity index (χ3n) is 9.24. The van der Waals surface area contributed by atoms with Crippen molar-refractivity contribution < 1.29 is 19.0 Å². The number of anilines is 2. The minimum absolute atomic E-state index is 0.177. The number of nitrogens with zero attached hydrogens (tertiary/aromatic N) is 5. The lowest BCUT2D eigenvalue weighted by Crippen LogP contribution is -2.32. The molecule has 216 valence electrons. The Balaban J connectivity index is 1.51. The Labute approximate surface area is 241 Å². The number of likely N-dealkylation sites (tertiary alicyclic amines) is 1. The fourth-order valence-electron chi connectivity index (χ4n) is 7.20. The summed E-state index contributed by atoms with van der Waals surface area (Å²) < 4.78 is 22.6. The zero-order chi connectivity index (χ0) is 29.4. The van der Waals surface area contributed by atoms with Crippen LogP contribution < -0.4 is 20.4 Å². The fourth-order valence-corrected chi connectivity index (χ4v) is 7.20. The Hall–Kier alpha value is -4.51. The van der Waals surface area contributed by atoms with Crippen molar-refractivity contribution in [1.29, 1.82) is 0 Å². The number of pyridine rings is 3. The van der Waals surface area contributed by atoms with Crippen LogP contribution in [0, 0.1) is 11.7 Å². The highest BCUT2D eigenvalue weighted by atomic mass is 19.1. The van der Waals surface area contributed by atoms with Crippen LogP contribution in [-0.4, -0.2) is 77.4 Å². The molecule has 5 heterocycles. The zero-order valence-electron chi connectivity index (χ0n) is 23.9. The molecular weight excluding hydrogens is 539 g/mol. The number of likely N-dealkylation sites (N-methyl/N-ethyl adjacent to an activating group) is 1. The SMILES string of the molecule is CNc1cc(F)c(OC)c2c1Cc1ncc(-c3cnc4c(c3)c(=O)c(C(=O)O)cn4C)c(N3CC4[C@H](CCN4C)C3)c1-2. The van der Waals surface area contributed by atoms with Gasteiger partial charge in [0.2, 0.25) is 5.43 Å². The van der Waals surface area contributed by atoms with Crippen LogP contribution >= 0.6 is 0 Å². The van der Waals surface area contributed by atoms with Gasteiger partial charge in [0.25, 0.3) is 0 Å². The average molecular weight is 571 g/mol. The van der Waals surface area contributed by atoms with Gasteiger partial charge in [-0.2, -0.15) is 0 Å². The van der Waals surface area contributed by atoms with E-state index in [1.807, 2.05) is 0 Å². The highest BCUT2D eigenvalue weighted by Crippen LogP contribution is 2.53. The number of aromatic nitrogens is 3. The molecule has 11 heteroatoms. The molecule has 3 aliphatic rings. The van der Waals surface area contributed by atoms with Crippen LogP contribution in [0.5, 0.6) is 5.75 Å². The minimum Gasteiger partial charge on any atom is -0.493 e. The second-order valence-corrected chi connectivity index (χ2v) is 11.4. The van der Waals surface area contributed by atoms with Gasteiger partial charge >= 0.3 is 5.97 Å². The number of carboxylic acid groups (broad SMARTS) is 1. The van der Waals surface area contributed by atoms with Gasteiger partial charge in [-0.25, -0.2) is 14.2 Å². The quantitative estimate of drug-likeness (QED) is 0.327. The molecule has 1 unspecified atom stereocenters. The molecule has 2 fully saturated rings. The van der Waals surface area contributed by atoms with Crippen LogP contribution in [0.15, 0.2) is 35.5 Å². The highest BCUT2D eigenvalue weighted by Gasteiger charge is 2.42. The van der Waals surface area contributed by atoms with Gasteiger partial charge in [-0.1, -0.05) is 0 Å². The van der Waals surface area contributed by atoms with Gasteiger partial charge in [0.1, 0.15) is 11.2 Å². The predicted molar refractivity (Wildman–Crippen MR) is 158 cm³/mol. The van der Waals surface area contributed by atoms with Gasteiger partial charge in [-0.3, -0.25) is 9.78 Å². The number of aromatic carboxylic acids is 1. The Morgan fingerprint density at radius 2 is 1.98 bits per heavy atom. The van der Waals surface area contributed by atoms with Crippen molar-refractivity contribution in [1.82, 2.24) is 19.4 Å². The van der Waals surface area contributed by atoms with Gasteiger partial charge < -0.3 is 29.5 Å². The molecule has 0 saturated carbocycles. The molecule has 0 bridgehead atoms. The summed E-state index contributed by atoms with van der Waals surface area (Å²) in [5, 5.41) is 13.0. The van der Waals surface area contributed by atoms with Crippen molar-refractivity contribution in [3.63, 3.8) is 0 Å². The second-order valence-electron chi connectivity index (χ2n) is 11.4. The largest absolute Gasteiger partial charge is 0.493 e. The maximum absolute atomic E-state index is 15.4. The van der Waals surface area contributed by atoms with E-state index in [0.29, 0.717) is 40.8 Å². The molecule has 0 radical (unpaired) electrons. The molecule has 0 amide bonds. The molecule has 1 aromatic carbocycles. The van der Waals surface area contributed by atoms with Crippen LogP contribution in [0.25, 0.3) is 33.3 Å². The Morgan fingerprint density at radius 1 is 1.17 bits per heavy atom. The number of hydrogen-bond acceptors (Lipinski definition) is 8. The summed E-state index contributed by atoms with van der Waals surface area (Å²) in [4.78, 5) is 39.2. The summed E-state index contributed by atoms with van der Waals surface area (Å²) in [6.45, 7) is 2.68. The number of aryl methyl sites for hydroxylation is 1. The van der Waals surface area contributed by atoms with E-state index >= 15 is 4.39 Å². The maximum atomic E-state index is 15.4. The number of benzene rings is 1. The lowest BCUT2D eigenvalue weighted by Gasteiger charge is -2.28. The fraction of sp³-hybridized carbons (Fsp3) is 0.355. The molecule has 1 aliphatic carbocycles. The lowest BCUT2D eigenvalue weighted by atomic mass is 9.96. The number of nitrogens with one attached hydrogen (secondary N) is 1.